The van der Waals surface area contributed by atoms with Gasteiger partial charge < -0.3 is 10.6 Å². The highest BCUT2D eigenvalue weighted by molar-refractivity contribution is 5.78. The van der Waals surface area contributed by atoms with E-state index >= 15 is 0 Å². The van der Waals surface area contributed by atoms with Gasteiger partial charge in [0.2, 0.25) is 0 Å². The number of hydrogen-bond donors (Lipinski definition) is 2. The number of anilines is 1. The van der Waals surface area contributed by atoms with Gasteiger partial charge in [-0.05, 0) is 29.3 Å². The monoisotopic (exact) mass is 344 g/mol. The van der Waals surface area contributed by atoms with Crippen molar-refractivity contribution in [3.63, 3.8) is 0 Å². The molecule has 1 aromatic heterocycles. The Morgan fingerprint density at radius 1 is 1.00 bits per heavy atom. The predicted molar refractivity (Wildman–Crippen MR) is 106 cm³/mol. The first-order valence-corrected chi connectivity index (χ1v) is 9.50. The van der Waals surface area contributed by atoms with Gasteiger partial charge in [-0.3, -0.25) is 9.88 Å². The number of hydrogen-bond acceptors (Lipinski definition) is 4. The summed E-state index contributed by atoms with van der Waals surface area (Å²) >= 11 is 0. The molecule has 2 aliphatic heterocycles. The highest BCUT2D eigenvalue weighted by atomic mass is 15.1. The molecule has 1 saturated heterocycles. The Balaban J connectivity index is 1.26. The fourth-order valence-corrected chi connectivity index (χ4v) is 3.91. The molecule has 2 aliphatic rings. The van der Waals surface area contributed by atoms with E-state index in [0.29, 0.717) is 6.04 Å². The Bertz CT molecular complexity index is 932. The van der Waals surface area contributed by atoms with Gasteiger partial charge in [0.25, 0.3) is 0 Å². The molecule has 4 heteroatoms. The fraction of sp³-hybridized carbons (Fsp3) is 0.318. The third-order valence-corrected chi connectivity index (χ3v) is 5.53. The van der Waals surface area contributed by atoms with Crippen LogP contribution in [0.2, 0.25) is 0 Å². The molecule has 0 radical (unpaired) electrons. The maximum atomic E-state index is 4.81. The summed E-state index contributed by atoms with van der Waals surface area (Å²) < 4.78 is 0. The smallest absolute Gasteiger partial charge is 0.0705 e. The van der Waals surface area contributed by atoms with Gasteiger partial charge in [-0.1, -0.05) is 36.4 Å². The standard InChI is InChI=1S/C22H24N4/c1-2-6-21-16(4-1)8-9-18(24-21)10-11-26-14-17-5-3-7-22(20(17)15-26)25-19-12-23-13-19/h1-9,19,23,25H,10-15H2. The predicted octanol–water partition coefficient (Wildman–Crippen LogP) is 3.18. The number of nitrogens with one attached hydrogen (secondary N) is 2. The van der Waals surface area contributed by atoms with Crippen molar-refractivity contribution in [1.29, 1.82) is 0 Å². The van der Waals surface area contributed by atoms with Gasteiger partial charge in [0.1, 0.15) is 0 Å². The zero-order chi connectivity index (χ0) is 17.3. The van der Waals surface area contributed by atoms with Crippen molar-refractivity contribution in [2.24, 2.45) is 0 Å². The molecule has 0 atom stereocenters. The Labute approximate surface area is 154 Å². The fourth-order valence-electron chi connectivity index (χ4n) is 3.91. The van der Waals surface area contributed by atoms with Gasteiger partial charge in [0.05, 0.1) is 11.6 Å². The third-order valence-electron chi connectivity index (χ3n) is 5.53. The summed E-state index contributed by atoms with van der Waals surface area (Å²) in [5.74, 6) is 0. The number of nitrogens with zero attached hydrogens (tertiary/aromatic N) is 2. The summed E-state index contributed by atoms with van der Waals surface area (Å²) in [6.45, 7) is 5.26. The molecule has 2 aromatic carbocycles. The molecule has 0 saturated carbocycles. The van der Waals surface area contributed by atoms with Gasteiger partial charge >= 0.3 is 0 Å². The second-order valence-corrected chi connectivity index (χ2v) is 7.40. The number of fused-ring (bicyclic) bond motifs is 2. The summed E-state index contributed by atoms with van der Waals surface area (Å²) in [5, 5.41) is 8.23. The van der Waals surface area contributed by atoms with Gasteiger partial charge in [-0.25, -0.2) is 0 Å². The quantitative estimate of drug-likeness (QED) is 0.746. The Hall–Kier alpha value is -2.43. The average Bonchev–Trinajstić information content (AvgIpc) is 3.06. The number of rotatable bonds is 5. The van der Waals surface area contributed by atoms with Crippen molar-refractivity contribution in [3.8, 4) is 0 Å². The lowest BCUT2D eigenvalue weighted by Crippen LogP contribution is -2.51. The number of aromatic nitrogens is 1. The van der Waals surface area contributed by atoms with Crippen LogP contribution in [0.25, 0.3) is 10.9 Å². The van der Waals surface area contributed by atoms with Gasteiger partial charge in [-0.15, -0.1) is 0 Å². The summed E-state index contributed by atoms with van der Waals surface area (Å²) in [6.07, 6.45) is 0.994. The zero-order valence-electron chi connectivity index (χ0n) is 14.9. The van der Waals surface area contributed by atoms with E-state index in [2.05, 4.69) is 70.1 Å². The van der Waals surface area contributed by atoms with E-state index in [4.69, 9.17) is 4.98 Å². The van der Waals surface area contributed by atoms with Gasteiger partial charge in [0, 0.05) is 55.9 Å². The molecule has 3 aromatic rings. The zero-order valence-corrected chi connectivity index (χ0v) is 14.9. The Morgan fingerprint density at radius 2 is 1.92 bits per heavy atom. The third kappa shape index (κ3) is 3.06. The van der Waals surface area contributed by atoms with E-state index < -0.39 is 0 Å². The van der Waals surface area contributed by atoms with Crippen LogP contribution in [0.5, 0.6) is 0 Å². The first-order valence-electron chi connectivity index (χ1n) is 9.50. The molecule has 0 spiro atoms. The lowest BCUT2D eigenvalue weighted by atomic mass is 10.1. The first kappa shape index (κ1) is 15.8. The van der Waals surface area contributed by atoms with Crippen molar-refractivity contribution >= 4 is 16.6 Å². The molecule has 132 valence electrons. The van der Waals surface area contributed by atoms with Crippen LogP contribution in [0.3, 0.4) is 0 Å². The molecule has 4 nitrogen and oxygen atoms in total. The van der Waals surface area contributed by atoms with Crippen molar-refractivity contribution in [1.82, 2.24) is 15.2 Å². The maximum absolute atomic E-state index is 4.81. The summed E-state index contributed by atoms with van der Waals surface area (Å²) in [7, 11) is 0. The van der Waals surface area contributed by atoms with E-state index in [0.717, 1.165) is 44.7 Å². The van der Waals surface area contributed by atoms with E-state index in [1.54, 1.807) is 0 Å². The van der Waals surface area contributed by atoms with Crippen molar-refractivity contribution in [2.75, 3.05) is 25.0 Å². The van der Waals surface area contributed by atoms with Crippen LogP contribution in [-0.4, -0.2) is 35.6 Å². The lowest BCUT2D eigenvalue weighted by Gasteiger charge is -2.29. The normalized spacial score (nSPS) is 17.2. The van der Waals surface area contributed by atoms with Crippen LogP contribution >= 0.6 is 0 Å². The largest absolute Gasteiger partial charge is 0.379 e. The van der Waals surface area contributed by atoms with Crippen LogP contribution in [0.4, 0.5) is 5.69 Å². The number of para-hydroxylation sites is 1. The molecule has 26 heavy (non-hydrogen) atoms. The van der Waals surface area contributed by atoms with Crippen LogP contribution in [0, 0.1) is 0 Å². The van der Waals surface area contributed by atoms with Crippen LogP contribution in [-0.2, 0) is 19.5 Å². The highest BCUT2D eigenvalue weighted by Crippen LogP contribution is 2.30. The Morgan fingerprint density at radius 3 is 2.81 bits per heavy atom. The number of benzene rings is 2. The first-order chi connectivity index (χ1) is 12.8. The van der Waals surface area contributed by atoms with Crippen LogP contribution in [0.15, 0.2) is 54.6 Å². The molecule has 2 N–H and O–H groups in total. The van der Waals surface area contributed by atoms with Crippen LogP contribution in [0.1, 0.15) is 16.8 Å². The number of pyridine rings is 1. The highest BCUT2D eigenvalue weighted by Gasteiger charge is 2.24. The maximum Gasteiger partial charge on any atom is 0.0705 e. The van der Waals surface area contributed by atoms with E-state index in [1.807, 2.05) is 0 Å². The molecular formula is C22H24N4. The van der Waals surface area contributed by atoms with Gasteiger partial charge in [0.15, 0.2) is 0 Å². The Kier molecular flexibility index (Phi) is 4.07. The molecule has 0 bridgehead atoms. The lowest BCUT2D eigenvalue weighted by molar-refractivity contribution is 0.287. The van der Waals surface area contributed by atoms with E-state index in [9.17, 15) is 0 Å². The second kappa shape index (κ2) is 6.71. The van der Waals surface area contributed by atoms with E-state index in [-0.39, 0.29) is 0 Å². The van der Waals surface area contributed by atoms with Gasteiger partial charge in [-0.2, -0.15) is 0 Å². The second-order valence-electron chi connectivity index (χ2n) is 7.40. The minimum atomic E-state index is 0.581. The molecular weight excluding hydrogens is 320 g/mol. The molecule has 0 aliphatic carbocycles. The average molecular weight is 344 g/mol. The van der Waals surface area contributed by atoms with Crippen molar-refractivity contribution in [2.45, 2.75) is 25.6 Å². The minimum Gasteiger partial charge on any atom is -0.379 e. The molecule has 0 amide bonds. The van der Waals surface area contributed by atoms with Crippen molar-refractivity contribution in [3.05, 3.63) is 71.4 Å². The van der Waals surface area contributed by atoms with Crippen molar-refractivity contribution < 1.29 is 0 Å². The summed E-state index contributed by atoms with van der Waals surface area (Å²) in [6, 6.07) is 20.0. The summed E-state index contributed by atoms with van der Waals surface area (Å²) in [5.41, 5.74) is 6.54. The molecule has 0 unspecified atom stereocenters. The SMILES string of the molecule is c1cc2c(c(NC3CNC3)c1)CN(CCc1ccc3ccccc3n1)C2. The van der Waals surface area contributed by atoms with E-state index in [1.165, 1.54) is 27.9 Å². The molecule has 3 heterocycles. The van der Waals surface area contributed by atoms with Crippen LogP contribution < -0.4 is 10.6 Å². The molecule has 1 fully saturated rings. The topological polar surface area (TPSA) is 40.2 Å². The minimum absolute atomic E-state index is 0.581. The molecule has 5 rings (SSSR count). The summed E-state index contributed by atoms with van der Waals surface area (Å²) in [4.78, 5) is 7.35.